The van der Waals surface area contributed by atoms with Crippen molar-refractivity contribution in [1.29, 1.82) is 0 Å². The first-order valence-corrected chi connectivity index (χ1v) is 8.75. The molecule has 0 radical (unpaired) electrons. The Bertz CT molecular complexity index is 499. The third-order valence-corrected chi connectivity index (χ3v) is 4.97. The van der Waals surface area contributed by atoms with Crippen molar-refractivity contribution in [2.75, 3.05) is 0 Å². The van der Waals surface area contributed by atoms with Crippen LogP contribution in [0.4, 0.5) is 0 Å². The van der Waals surface area contributed by atoms with Gasteiger partial charge in [-0.3, -0.25) is 9.59 Å². The molecule has 1 aliphatic carbocycles. The number of carbonyl (C=O) groups excluding carboxylic acids is 2. The summed E-state index contributed by atoms with van der Waals surface area (Å²) in [4.78, 5) is 25.3. The Hall–Kier alpha value is -1.11. The van der Waals surface area contributed by atoms with Crippen LogP contribution >= 0.6 is 23.7 Å². The van der Waals surface area contributed by atoms with E-state index in [2.05, 4.69) is 10.6 Å². The smallest absolute Gasteiger partial charge is 0.262 e. The lowest BCUT2D eigenvalue weighted by atomic mass is 9.91. The number of thiophene rings is 1. The molecule has 1 atom stereocenters. The Morgan fingerprint density at radius 3 is 2.43 bits per heavy atom. The third-order valence-electron chi connectivity index (χ3n) is 4.10. The van der Waals surface area contributed by atoms with Crippen LogP contribution in [0.1, 0.15) is 49.2 Å². The minimum Gasteiger partial charge on any atom is -0.352 e. The summed E-state index contributed by atoms with van der Waals surface area (Å²) < 4.78 is 0. The molecule has 2 amide bonds. The Morgan fingerprint density at radius 2 is 1.91 bits per heavy atom. The first-order chi connectivity index (χ1) is 10.5. The van der Waals surface area contributed by atoms with E-state index in [1.807, 2.05) is 25.3 Å². The van der Waals surface area contributed by atoms with Crippen molar-refractivity contribution in [3.63, 3.8) is 0 Å². The van der Waals surface area contributed by atoms with Gasteiger partial charge in [-0.15, -0.1) is 23.7 Å². The zero-order chi connectivity index (χ0) is 16.1. The van der Waals surface area contributed by atoms with E-state index >= 15 is 0 Å². The lowest BCUT2D eigenvalue weighted by molar-refractivity contribution is -0.124. The van der Waals surface area contributed by atoms with Crippen molar-refractivity contribution >= 4 is 35.6 Å². The zero-order valence-corrected chi connectivity index (χ0v) is 15.2. The van der Waals surface area contributed by atoms with Crippen molar-refractivity contribution in [1.82, 2.24) is 10.6 Å². The molecule has 1 aliphatic rings. The van der Waals surface area contributed by atoms with Crippen LogP contribution in [-0.4, -0.2) is 29.9 Å². The number of amides is 2. The van der Waals surface area contributed by atoms with E-state index < -0.39 is 6.04 Å². The maximum absolute atomic E-state index is 12.5. The molecular weight excluding hydrogens is 334 g/mol. The van der Waals surface area contributed by atoms with Gasteiger partial charge in [-0.25, -0.2) is 0 Å². The minimum atomic E-state index is -0.509. The van der Waals surface area contributed by atoms with E-state index in [-0.39, 0.29) is 42.2 Å². The molecule has 2 rings (SSSR count). The number of halogens is 1. The van der Waals surface area contributed by atoms with E-state index in [0.717, 1.165) is 25.7 Å². The van der Waals surface area contributed by atoms with Crippen molar-refractivity contribution in [3.05, 3.63) is 22.4 Å². The number of hydrogen-bond donors (Lipinski definition) is 3. The summed E-state index contributed by atoms with van der Waals surface area (Å²) in [6.45, 7) is 3.88. The summed E-state index contributed by atoms with van der Waals surface area (Å²) >= 11 is 1.37. The van der Waals surface area contributed by atoms with Gasteiger partial charge in [0.05, 0.1) is 4.88 Å². The van der Waals surface area contributed by atoms with Crippen LogP contribution in [0, 0.1) is 5.92 Å². The molecule has 1 heterocycles. The van der Waals surface area contributed by atoms with Crippen molar-refractivity contribution in [2.24, 2.45) is 11.7 Å². The average molecular weight is 360 g/mol. The summed E-state index contributed by atoms with van der Waals surface area (Å²) in [5.41, 5.74) is 5.89. The van der Waals surface area contributed by atoms with E-state index in [4.69, 9.17) is 5.73 Å². The molecule has 1 unspecified atom stereocenters. The van der Waals surface area contributed by atoms with Crippen LogP contribution in [0.15, 0.2) is 17.5 Å². The molecule has 0 spiro atoms. The first-order valence-electron chi connectivity index (χ1n) is 7.87. The third kappa shape index (κ3) is 5.79. The number of hydrogen-bond acceptors (Lipinski definition) is 4. The molecule has 1 saturated carbocycles. The molecule has 130 valence electrons. The van der Waals surface area contributed by atoms with Gasteiger partial charge < -0.3 is 16.4 Å². The minimum absolute atomic E-state index is 0. The zero-order valence-electron chi connectivity index (χ0n) is 13.6. The van der Waals surface area contributed by atoms with Gasteiger partial charge in [-0.05, 0) is 43.0 Å². The fourth-order valence-electron chi connectivity index (χ4n) is 2.71. The van der Waals surface area contributed by atoms with Gasteiger partial charge in [0.1, 0.15) is 6.04 Å². The Balaban J connectivity index is 0.00000264. The number of carbonyl (C=O) groups is 2. The predicted octanol–water partition coefficient (Wildman–Crippen LogP) is 2.31. The standard InChI is InChI=1S/C16H25N3O2S.ClH/c1-10(2)14(19-15(20)13-4-3-9-22-13)16(21)18-12-7-5-11(17)6-8-12;/h3-4,9-12,14H,5-8,17H2,1-2H3,(H,18,21)(H,19,20);1H. The molecule has 0 aromatic carbocycles. The summed E-state index contributed by atoms with van der Waals surface area (Å²) in [5.74, 6) is -0.246. The maximum atomic E-state index is 12.5. The normalized spacial score (nSPS) is 22.1. The van der Waals surface area contributed by atoms with Crippen LogP contribution < -0.4 is 16.4 Å². The van der Waals surface area contributed by atoms with E-state index in [0.29, 0.717) is 4.88 Å². The maximum Gasteiger partial charge on any atom is 0.262 e. The van der Waals surface area contributed by atoms with Crippen LogP contribution in [0.25, 0.3) is 0 Å². The highest BCUT2D eigenvalue weighted by Crippen LogP contribution is 2.17. The monoisotopic (exact) mass is 359 g/mol. The molecule has 0 bridgehead atoms. The summed E-state index contributed by atoms with van der Waals surface area (Å²) in [6, 6.07) is 3.51. The second-order valence-electron chi connectivity index (χ2n) is 6.29. The van der Waals surface area contributed by atoms with Crippen LogP contribution in [0.3, 0.4) is 0 Å². The second kappa shape index (κ2) is 9.25. The van der Waals surface area contributed by atoms with Gasteiger partial charge in [-0.1, -0.05) is 19.9 Å². The molecule has 5 nitrogen and oxygen atoms in total. The number of nitrogens with one attached hydrogen (secondary N) is 2. The second-order valence-corrected chi connectivity index (χ2v) is 7.24. The Labute approximate surface area is 147 Å². The van der Waals surface area contributed by atoms with Crippen LogP contribution in [0.5, 0.6) is 0 Å². The Morgan fingerprint density at radius 1 is 1.26 bits per heavy atom. The topological polar surface area (TPSA) is 84.2 Å². The lowest BCUT2D eigenvalue weighted by Crippen LogP contribution is -2.52. The van der Waals surface area contributed by atoms with Crippen LogP contribution in [0.2, 0.25) is 0 Å². The molecular formula is C16H26ClN3O2S. The van der Waals surface area contributed by atoms with Crippen molar-refractivity contribution in [3.8, 4) is 0 Å². The van der Waals surface area contributed by atoms with Gasteiger partial charge in [0, 0.05) is 12.1 Å². The van der Waals surface area contributed by atoms with Gasteiger partial charge in [0.25, 0.3) is 5.91 Å². The lowest BCUT2D eigenvalue weighted by Gasteiger charge is -2.29. The molecule has 0 aliphatic heterocycles. The van der Waals surface area contributed by atoms with E-state index in [1.54, 1.807) is 6.07 Å². The molecule has 23 heavy (non-hydrogen) atoms. The van der Waals surface area contributed by atoms with Gasteiger partial charge >= 0.3 is 0 Å². The SMILES string of the molecule is CC(C)C(NC(=O)c1cccs1)C(=O)NC1CCC(N)CC1.Cl. The summed E-state index contributed by atoms with van der Waals surface area (Å²) in [6.07, 6.45) is 3.71. The number of rotatable bonds is 5. The average Bonchev–Trinajstić information content (AvgIpc) is 3.00. The van der Waals surface area contributed by atoms with Gasteiger partial charge in [0.2, 0.25) is 5.91 Å². The molecule has 4 N–H and O–H groups in total. The summed E-state index contributed by atoms with van der Waals surface area (Å²) in [7, 11) is 0. The molecule has 1 fully saturated rings. The van der Waals surface area contributed by atoms with Gasteiger partial charge in [-0.2, -0.15) is 0 Å². The van der Waals surface area contributed by atoms with Crippen molar-refractivity contribution in [2.45, 2.75) is 57.7 Å². The van der Waals surface area contributed by atoms with Crippen molar-refractivity contribution < 1.29 is 9.59 Å². The highest BCUT2D eigenvalue weighted by atomic mass is 35.5. The van der Waals surface area contributed by atoms with E-state index in [9.17, 15) is 9.59 Å². The van der Waals surface area contributed by atoms with Crippen LogP contribution in [-0.2, 0) is 4.79 Å². The Kier molecular flexibility index (Phi) is 8.02. The molecule has 0 saturated heterocycles. The highest BCUT2D eigenvalue weighted by molar-refractivity contribution is 7.12. The van der Waals surface area contributed by atoms with Gasteiger partial charge in [0.15, 0.2) is 0 Å². The molecule has 1 aromatic rings. The predicted molar refractivity (Wildman–Crippen MR) is 96.0 cm³/mol. The fraction of sp³-hybridized carbons (Fsp3) is 0.625. The number of nitrogens with two attached hydrogens (primary N) is 1. The molecule has 7 heteroatoms. The van der Waals surface area contributed by atoms with E-state index in [1.165, 1.54) is 11.3 Å². The summed E-state index contributed by atoms with van der Waals surface area (Å²) in [5, 5.41) is 7.77. The fourth-order valence-corrected chi connectivity index (χ4v) is 3.34. The largest absolute Gasteiger partial charge is 0.352 e. The molecule has 1 aromatic heterocycles. The quantitative estimate of drug-likeness (QED) is 0.754. The first kappa shape index (κ1) is 19.9. The highest BCUT2D eigenvalue weighted by Gasteiger charge is 2.28.